The second kappa shape index (κ2) is 5.53. The summed E-state index contributed by atoms with van der Waals surface area (Å²) in [7, 11) is 0. The van der Waals surface area contributed by atoms with Crippen molar-refractivity contribution in [3.05, 3.63) is 28.8 Å². The van der Waals surface area contributed by atoms with Gasteiger partial charge in [0.25, 0.3) is 0 Å². The van der Waals surface area contributed by atoms with E-state index in [0.29, 0.717) is 17.9 Å². The molecule has 1 aromatic carbocycles. The Labute approximate surface area is 100 Å². The zero-order valence-electron chi connectivity index (χ0n) is 9.44. The summed E-state index contributed by atoms with van der Waals surface area (Å²) in [6.07, 6.45) is -1.50. The fourth-order valence-corrected chi connectivity index (χ4v) is 2.10. The predicted octanol–water partition coefficient (Wildman–Crippen LogP) is 2.03. The molecule has 0 bridgehead atoms. The van der Waals surface area contributed by atoms with Crippen molar-refractivity contribution in [1.29, 1.82) is 0 Å². The summed E-state index contributed by atoms with van der Waals surface area (Å²) < 4.78 is 0. The third-order valence-corrected chi connectivity index (χ3v) is 2.86. The van der Waals surface area contributed by atoms with E-state index < -0.39 is 12.2 Å². The summed E-state index contributed by atoms with van der Waals surface area (Å²) in [5.41, 5.74) is 2.19. The SMILES string of the molecule is Cc1cc(O)cc(C)c1C(O)C(O)CCCl. The normalized spacial score (nSPS) is 14.8. The van der Waals surface area contributed by atoms with Gasteiger partial charge in [-0.1, -0.05) is 0 Å². The molecule has 0 aliphatic rings. The number of halogens is 1. The van der Waals surface area contributed by atoms with E-state index in [0.717, 1.165) is 11.1 Å². The Morgan fingerprint density at radius 1 is 1.19 bits per heavy atom. The second-order valence-corrected chi connectivity index (χ2v) is 4.36. The lowest BCUT2D eigenvalue weighted by atomic mass is 9.93. The Morgan fingerprint density at radius 2 is 1.69 bits per heavy atom. The first-order chi connectivity index (χ1) is 7.47. The van der Waals surface area contributed by atoms with Gasteiger partial charge in [-0.2, -0.15) is 0 Å². The molecule has 3 nitrogen and oxygen atoms in total. The summed E-state index contributed by atoms with van der Waals surface area (Å²) in [6, 6.07) is 3.14. The fraction of sp³-hybridized carbons (Fsp3) is 0.500. The van der Waals surface area contributed by atoms with Crippen LogP contribution in [0.5, 0.6) is 5.75 Å². The predicted molar refractivity (Wildman–Crippen MR) is 63.9 cm³/mol. The van der Waals surface area contributed by atoms with Crippen LogP contribution >= 0.6 is 11.6 Å². The number of aliphatic hydroxyl groups is 2. The summed E-state index contributed by atoms with van der Waals surface area (Å²) in [5, 5.41) is 29.1. The van der Waals surface area contributed by atoms with Crippen LogP contribution in [0.25, 0.3) is 0 Å². The Kier molecular flexibility index (Phi) is 4.59. The molecule has 0 aliphatic carbocycles. The smallest absolute Gasteiger partial charge is 0.116 e. The molecule has 0 fully saturated rings. The van der Waals surface area contributed by atoms with Crippen molar-refractivity contribution in [3.8, 4) is 5.75 Å². The number of rotatable bonds is 4. The van der Waals surface area contributed by atoms with Crippen molar-refractivity contribution in [2.45, 2.75) is 32.5 Å². The van der Waals surface area contributed by atoms with Crippen molar-refractivity contribution >= 4 is 11.6 Å². The lowest BCUT2D eigenvalue weighted by Crippen LogP contribution is -2.20. The van der Waals surface area contributed by atoms with Crippen LogP contribution in [-0.2, 0) is 0 Å². The number of phenolic OH excluding ortho intramolecular Hbond substituents is 1. The van der Waals surface area contributed by atoms with Crippen LogP contribution in [0.4, 0.5) is 0 Å². The number of phenols is 1. The number of hydrogen-bond donors (Lipinski definition) is 3. The highest BCUT2D eigenvalue weighted by Crippen LogP contribution is 2.29. The lowest BCUT2D eigenvalue weighted by molar-refractivity contribution is 0.0162. The van der Waals surface area contributed by atoms with E-state index in [9.17, 15) is 15.3 Å². The van der Waals surface area contributed by atoms with E-state index in [-0.39, 0.29) is 5.75 Å². The first kappa shape index (κ1) is 13.3. The first-order valence-electron chi connectivity index (χ1n) is 5.19. The largest absolute Gasteiger partial charge is 0.508 e. The highest BCUT2D eigenvalue weighted by molar-refractivity contribution is 6.17. The average Bonchev–Trinajstić information content (AvgIpc) is 2.16. The highest BCUT2D eigenvalue weighted by atomic mass is 35.5. The molecule has 1 aromatic rings. The number of aromatic hydroxyl groups is 1. The van der Waals surface area contributed by atoms with Crippen LogP contribution in [0.2, 0.25) is 0 Å². The molecule has 0 aromatic heterocycles. The number of alkyl halides is 1. The van der Waals surface area contributed by atoms with Crippen molar-refractivity contribution in [3.63, 3.8) is 0 Å². The molecule has 90 valence electrons. The van der Waals surface area contributed by atoms with Crippen LogP contribution in [-0.4, -0.2) is 27.3 Å². The molecule has 0 heterocycles. The second-order valence-electron chi connectivity index (χ2n) is 3.98. The van der Waals surface area contributed by atoms with Crippen LogP contribution in [0.3, 0.4) is 0 Å². The van der Waals surface area contributed by atoms with Crippen molar-refractivity contribution in [2.24, 2.45) is 0 Å². The highest BCUT2D eigenvalue weighted by Gasteiger charge is 2.21. The monoisotopic (exact) mass is 244 g/mol. The van der Waals surface area contributed by atoms with Gasteiger partial charge >= 0.3 is 0 Å². The minimum atomic E-state index is -0.959. The summed E-state index contributed by atoms with van der Waals surface area (Å²) in [5.74, 6) is 0.465. The lowest BCUT2D eigenvalue weighted by Gasteiger charge is -2.21. The standard InChI is InChI=1S/C12H17ClO3/c1-7-5-9(14)6-8(2)11(7)12(16)10(15)3-4-13/h5-6,10,12,14-16H,3-4H2,1-2H3. The van der Waals surface area contributed by atoms with Gasteiger partial charge in [0.2, 0.25) is 0 Å². The van der Waals surface area contributed by atoms with E-state index in [2.05, 4.69) is 0 Å². The van der Waals surface area contributed by atoms with Gasteiger partial charge < -0.3 is 15.3 Å². The zero-order chi connectivity index (χ0) is 12.3. The molecule has 0 spiro atoms. The molecule has 0 saturated heterocycles. The van der Waals surface area contributed by atoms with Gasteiger partial charge in [-0.25, -0.2) is 0 Å². The molecule has 0 aliphatic heterocycles. The number of hydrogen-bond acceptors (Lipinski definition) is 3. The molecule has 2 atom stereocenters. The van der Waals surface area contributed by atoms with E-state index in [1.54, 1.807) is 26.0 Å². The van der Waals surface area contributed by atoms with E-state index in [4.69, 9.17) is 11.6 Å². The molecular formula is C12H17ClO3. The van der Waals surface area contributed by atoms with E-state index in [1.807, 2.05) is 0 Å². The molecule has 0 saturated carbocycles. The number of aliphatic hydroxyl groups excluding tert-OH is 2. The van der Waals surface area contributed by atoms with Gasteiger partial charge in [0.05, 0.1) is 6.10 Å². The maximum atomic E-state index is 9.98. The van der Waals surface area contributed by atoms with E-state index in [1.165, 1.54) is 0 Å². The van der Waals surface area contributed by atoms with Crippen molar-refractivity contribution in [1.82, 2.24) is 0 Å². The first-order valence-corrected chi connectivity index (χ1v) is 5.73. The van der Waals surface area contributed by atoms with Gasteiger partial charge in [-0.15, -0.1) is 11.6 Å². The summed E-state index contributed by atoms with van der Waals surface area (Å²) >= 11 is 5.52. The fourth-order valence-electron chi connectivity index (χ4n) is 1.88. The Balaban J connectivity index is 3.03. The van der Waals surface area contributed by atoms with Crippen LogP contribution < -0.4 is 0 Å². The summed E-state index contributed by atoms with van der Waals surface area (Å²) in [6.45, 7) is 3.58. The van der Waals surface area contributed by atoms with Crippen LogP contribution in [0.15, 0.2) is 12.1 Å². The van der Waals surface area contributed by atoms with Gasteiger partial charge in [0.15, 0.2) is 0 Å². The molecule has 0 amide bonds. The van der Waals surface area contributed by atoms with Crippen molar-refractivity contribution in [2.75, 3.05) is 5.88 Å². The van der Waals surface area contributed by atoms with Crippen molar-refractivity contribution < 1.29 is 15.3 Å². The van der Waals surface area contributed by atoms with E-state index >= 15 is 0 Å². The topological polar surface area (TPSA) is 60.7 Å². The number of aryl methyl sites for hydroxylation is 2. The minimum absolute atomic E-state index is 0.165. The molecule has 0 radical (unpaired) electrons. The Morgan fingerprint density at radius 3 is 2.12 bits per heavy atom. The quantitative estimate of drug-likeness (QED) is 0.711. The third kappa shape index (κ3) is 2.88. The van der Waals surface area contributed by atoms with Gasteiger partial charge in [0, 0.05) is 5.88 Å². The molecule has 16 heavy (non-hydrogen) atoms. The minimum Gasteiger partial charge on any atom is -0.508 e. The maximum Gasteiger partial charge on any atom is 0.116 e. The van der Waals surface area contributed by atoms with Gasteiger partial charge in [-0.05, 0) is 49.1 Å². The summed E-state index contributed by atoms with van der Waals surface area (Å²) in [4.78, 5) is 0. The van der Waals surface area contributed by atoms with Gasteiger partial charge in [0.1, 0.15) is 11.9 Å². The van der Waals surface area contributed by atoms with Crippen LogP contribution in [0, 0.1) is 13.8 Å². The average molecular weight is 245 g/mol. The third-order valence-electron chi connectivity index (χ3n) is 2.64. The zero-order valence-corrected chi connectivity index (χ0v) is 10.2. The maximum absolute atomic E-state index is 9.98. The molecular weight excluding hydrogens is 228 g/mol. The van der Waals surface area contributed by atoms with Gasteiger partial charge in [-0.3, -0.25) is 0 Å². The molecule has 1 rings (SSSR count). The Hall–Kier alpha value is -0.770. The molecule has 4 heteroatoms. The molecule has 3 N–H and O–H groups in total. The van der Waals surface area contributed by atoms with Crippen LogP contribution in [0.1, 0.15) is 29.2 Å². The Bertz CT molecular complexity index is 342. The molecule has 2 unspecified atom stereocenters. The number of benzene rings is 1.